The molecule has 0 amide bonds. The van der Waals surface area contributed by atoms with Gasteiger partial charge in [-0.1, -0.05) is 41.6 Å². The van der Waals surface area contributed by atoms with Gasteiger partial charge in [-0.05, 0) is 0 Å². The molecular weight excluding hydrogens is 340 g/mol. The molecule has 0 heterocycles. The summed E-state index contributed by atoms with van der Waals surface area (Å²) >= 11 is 0. The Morgan fingerprint density at radius 2 is 1.85 bits per heavy atom. The van der Waals surface area contributed by atoms with Crippen molar-refractivity contribution in [2.45, 2.75) is 0 Å². The first-order valence-electron chi connectivity index (χ1n) is 7.41. The quantitative estimate of drug-likeness (QED) is 0.268. The maximum Gasteiger partial charge on any atom is 0.339 e. The maximum atomic E-state index is 11.6. The Kier molecular flexibility index (Phi) is 6.05. The third kappa shape index (κ3) is 4.04. The average molecular weight is 356 g/mol. The van der Waals surface area contributed by atoms with Gasteiger partial charge in [0.25, 0.3) is 5.69 Å². The van der Waals surface area contributed by atoms with E-state index in [1.807, 2.05) is 0 Å². The highest BCUT2D eigenvalue weighted by Gasteiger charge is 2.20. The van der Waals surface area contributed by atoms with Crippen molar-refractivity contribution >= 4 is 22.9 Å². The molecule has 1 N–H and O–H groups in total. The van der Waals surface area contributed by atoms with Crippen LogP contribution in [0.15, 0.2) is 59.9 Å². The summed E-state index contributed by atoms with van der Waals surface area (Å²) < 4.78 is 4.87. The molecule has 134 valence electrons. The SMILES string of the molecule is COC=C(C(=O)O)c1ccccc1C(=NOC)c1cccc([N+](=O)[O-])c1. The molecule has 2 rings (SSSR count). The van der Waals surface area contributed by atoms with Crippen LogP contribution in [-0.4, -0.2) is 35.9 Å². The Bertz CT molecular complexity index is 889. The summed E-state index contributed by atoms with van der Waals surface area (Å²) in [6, 6.07) is 12.5. The zero-order valence-electron chi connectivity index (χ0n) is 14.1. The van der Waals surface area contributed by atoms with Gasteiger partial charge in [-0.3, -0.25) is 10.1 Å². The zero-order valence-corrected chi connectivity index (χ0v) is 14.1. The van der Waals surface area contributed by atoms with Gasteiger partial charge in [-0.2, -0.15) is 0 Å². The van der Waals surface area contributed by atoms with E-state index < -0.39 is 10.9 Å². The number of hydrogen-bond donors (Lipinski definition) is 1. The Morgan fingerprint density at radius 3 is 2.42 bits per heavy atom. The van der Waals surface area contributed by atoms with Crippen molar-refractivity contribution in [1.82, 2.24) is 0 Å². The molecule has 2 aromatic rings. The van der Waals surface area contributed by atoms with Crippen LogP contribution in [-0.2, 0) is 14.4 Å². The van der Waals surface area contributed by atoms with Gasteiger partial charge in [-0.25, -0.2) is 4.79 Å². The lowest BCUT2D eigenvalue weighted by Gasteiger charge is -2.12. The second-order valence-electron chi connectivity index (χ2n) is 5.05. The molecule has 0 atom stereocenters. The van der Waals surface area contributed by atoms with Crippen LogP contribution in [0.2, 0.25) is 0 Å². The van der Waals surface area contributed by atoms with Gasteiger partial charge in [0.2, 0.25) is 0 Å². The van der Waals surface area contributed by atoms with E-state index in [9.17, 15) is 20.0 Å². The number of benzene rings is 2. The summed E-state index contributed by atoms with van der Waals surface area (Å²) in [4.78, 5) is 27.0. The third-order valence-corrected chi connectivity index (χ3v) is 3.45. The van der Waals surface area contributed by atoms with E-state index in [1.54, 1.807) is 30.3 Å². The molecule has 8 heteroatoms. The molecule has 0 unspecified atom stereocenters. The monoisotopic (exact) mass is 356 g/mol. The van der Waals surface area contributed by atoms with Gasteiger partial charge in [0.05, 0.1) is 18.3 Å². The standard InChI is InChI=1S/C18H16N2O6/c1-25-11-16(18(21)22)14-8-3-4-9-15(14)17(19-26-2)12-6-5-7-13(10-12)20(23)24/h3-11H,1-2H3,(H,21,22). The molecule has 8 nitrogen and oxygen atoms in total. The Balaban J connectivity index is 2.69. The predicted molar refractivity (Wildman–Crippen MR) is 94.8 cm³/mol. The second kappa shape index (κ2) is 8.43. The molecule has 0 radical (unpaired) electrons. The van der Waals surface area contributed by atoms with Crippen LogP contribution in [0, 0.1) is 10.1 Å². The maximum absolute atomic E-state index is 11.6. The lowest BCUT2D eigenvalue weighted by molar-refractivity contribution is -0.384. The Labute approximate surface area is 149 Å². The molecule has 26 heavy (non-hydrogen) atoms. The topological polar surface area (TPSA) is 111 Å². The highest BCUT2D eigenvalue weighted by atomic mass is 16.6. The summed E-state index contributed by atoms with van der Waals surface area (Å²) in [5, 5.41) is 24.5. The Hall–Kier alpha value is -3.68. The molecule has 2 aromatic carbocycles. The zero-order chi connectivity index (χ0) is 19.1. The normalized spacial score (nSPS) is 11.8. The van der Waals surface area contributed by atoms with Gasteiger partial charge in [0.1, 0.15) is 18.4 Å². The molecule has 0 aliphatic carbocycles. The van der Waals surface area contributed by atoms with Crippen LogP contribution in [0.1, 0.15) is 16.7 Å². The molecule has 0 aliphatic rings. The summed E-state index contributed by atoms with van der Waals surface area (Å²) in [5.74, 6) is -1.19. The van der Waals surface area contributed by atoms with E-state index in [1.165, 1.54) is 32.4 Å². The number of carboxylic acids is 1. The largest absolute Gasteiger partial charge is 0.503 e. The number of oxime groups is 1. The van der Waals surface area contributed by atoms with Crippen LogP contribution in [0.4, 0.5) is 5.69 Å². The van der Waals surface area contributed by atoms with Gasteiger partial charge in [0, 0.05) is 28.8 Å². The highest BCUT2D eigenvalue weighted by Crippen LogP contribution is 2.25. The molecule has 0 aromatic heterocycles. The fourth-order valence-electron chi connectivity index (χ4n) is 2.39. The number of non-ortho nitro benzene ring substituents is 1. The minimum absolute atomic E-state index is 0.0858. The van der Waals surface area contributed by atoms with Crippen molar-refractivity contribution in [2.24, 2.45) is 5.16 Å². The van der Waals surface area contributed by atoms with Gasteiger partial charge >= 0.3 is 5.97 Å². The number of ether oxygens (including phenoxy) is 1. The fraction of sp³-hybridized carbons (Fsp3) is 0.111. The van der Waals surface area contributed by atoms with Crippen LogP contribution >= 0.6 is 0 Å². The van der Waals surface area contributed by atoms with E-state index in [-0.39, 0.29) is 17.0 Å². The van der Waals surface area contributed by atoms with Crippen molar-refractivity contribution in [3.63, 3.8) is 0 Å². The van der Waals surface area contributed by atoms with Crippen molar-refractivity contribution in [3.8, 4) is 0 Å². The van der Waals surface area contributed by atoms with Crippen LogP contribution < -0.4 is 0 Å². The van der Waals surface area contributed by atoms with Crippen LogP contribution in [0.3, 0.4) is 0 Å². The van der Waals surface area contributed by atoms with Crippen molar-refractivity contribution in [2.75, 3.05) is 14.2 Å². The number of nitro benzene ring substituents is 1. The summed E-state index contributed by atoms with van der Waals surface area (Å²) in [5.41, 5.74) is 1.24. The number of hydrogen-bond acceptors (Lipinski definition) is 6. The van der Waals surface area contributed by atoms with E-state index >= 15 is 0 Å². The van der Waals surface area contributed by atoms with Gasteiger partial charge in [0.15, 0.2) is 0 Å². The third-order valence-electron chi connectivity index (χ3n) is 3.45. The van der Waals surface area contributed by atoms with Gasteiger partial charge in [-0.15, -0.1) is 0 Å². The summed E-state index contributed by atoms with van der Waals surface area (Å²) in [7, 11) is 2.68. The van der Waals surface area contributed by atoms with E-state index in [4.69, 9.17) is 9.57 Å². The van der Waals surface area contributed by atoms with E-state index in [2.05, 4.69) is 5.16 Å². The highest BCUT2D eigenvalue weighted by molar-refractivity contribution is 6.22. The van der Waals surface area contributed by atoms with Crippen molar-refractivity contribution in [3.05, 3.63) is 81.6 Å². The predicted octanol–water partition coefficient (Wildman–Crippen LogP) is 3.07. The first-order valence-corrected chi connectivity index (χ1v) is 7.41. The number of aliphatic carboxylic acids is 1. The molecule has 0 aliphatic heterocycles. The average Bonchev–Trinajstić information content (AvgIpc) is 2.64. The number of rotatable bonds is 7. The van der Waals surface area contributed by atoms with Crippen molar-refractivity contribution < 1.29 is 24.4 Å². The molecular formula is C18H16N2O6. The second-order valence-corrected chi connectivity index (χ2v) is 5.05. The molecule has 0 fully saturated rings. The Morgan fingerprint density at radius 1 is 1.15 bits per heavy atom. The van der Waals surface area contributed by atoms with Crippen LogP contribution in [0.25, 0.3) is 5.57 Å². The van der Waals surface area contributed by atoms with Gasteiger partial charge < -0.3 is 14.7 Å². The smallest absolute Gasteiger partial charge is 0.339 e. The first-order chi connectivity index (χ1) is 12.5. The molecule has 0 saturated heterocycles. The molecule has 0 saturated carbocycles. The summed E-state index contributed by atoms with van der Waals surface area (Å²) in [6.07, 6.45) is 1.11. The van der Waals surface area contributed by atoms with E-state index in [0.29, 0.717) is 16.7 Å². The lowest BCUT2D eigenvalue weighted by Crippen LogP contribution is -2.11. The number of nitro groups is 1. The number of methoxy groups -OCH3 is 1. The molecule has 0 spiro atoms. The first kappa shape index (κ1) is 18.7. The number of carbonyl (C=O) groups is 1. The number of nitrogens with zero attached hydrogens (tertiary/aromatic N) is 2. The fourth-order valence-corrected chi connectivity index (χ4v) is 2.39. The minimum Gasteiger partial charge on any atom is -0.503 e. The summed E-state index contributed by atoms with van der Waals surface area (Å²) in [6.45, 7) is 0. The van der Waals surface area contributed by atoms with Crippen molar-refractivity contribution in [1.29, 1.82) is 0 Å². The molecule has 0 bridgehead atoms. The van der Waals surface area contributed by atoms with E-state index in [0.717, 1.165) is 6.26 Å². The number of carboxylic acid groups (broad SMARTS) is 1. The van der Waals surface area contributed by atoms with Crippen LogP contribution in [0.5, 0.6) is 0 Å². The lowest BCUT2D eigenvalue weighted by atomic mass is 9.93. The minimum atomic E-state index is -1.19.